The molecule has 9 heteroatoms. The van der Waals surface area contributed by atoms with Crippen molar-refractivity contribution in [3.63, 3.8) is 0 Å². The zero-order chi connectivity index (χ0) is 24.7. The first-order chi connectivity index (χ1) is 16.0. The summed E-state index contributed by atoms with van der Waals surface area (Å²) in [5.74, 6) is -0.606. The summed E-state index contributed by atoms with van der Waals surface area (Å²) in [4.78, 5) is 4.07. The number of aromatic nitrogens is 5. The quantitative estimate of drug-likeness (QED) is 0.456. The fourth-order valence-electron chi connectivity index (χ4n) is 5.24. The number of nitrogens with one attached hydrogen (secondary N) is 2. The SMILES string of the molecule is C=N/C(=C\c1nnn(C2CC(C)(C)NC(C)(C)C2)c1CC)c1cc(F)c(-c2cn[nH]c2)cc1O. The third kappa shape index (κ3) is 4.65. The van der Waals surface area contributed by atoms with Crippen LogP contribution in [0.2, 0.25) is 0 Å². The van der Waals surface area contributed by atoms with Gasteiger partial charge in [0.1, 0.15) is 17.3 Å². The Kier molecular flexibility index (Phi) is 6.16. The van der Waals surface area contributed by atoms with Crippen LogP contribution >= 0.6 is 0 Å². The van der Waals surface area contributed by atoms with Gasteiger partial charge in [-0.2, -0.15) is 5.10 Å². The second kappa shape index (κ2) is 8.79. The Morgan fingerprint density at radius 3 is 2.59 bits per heavy atom. The van der Waals surface area contributed by atoms with E-state index in [4.69, 9.17) is 0 Å². The van der Waals surface area contributed by atoms with E-state index in [0.717, 1.165) is 18.5 Å². The Hall–Kier alpha value is -3.33. The molecule has 8 nitrogen and oxygen atoms in total. The van der Waals surface area contributed by atoms with Gasteiger partial charge in [0.15, 0.2) is 0 Å². The molecule has 1 aromatic carbocycles. The number of aromatic hydroxyl groups is 1. The predicted molar refractivity (Wildman–Crippen MR) is 132 cm³/mol. The molecule has 1 saturated heterocycles. The van der Waals surface area contributed by atoms with E-state index in [1.54, 1.807) is 12.3 Å². The van der Waals surface area contributed by atoms with Gasteiger partial charge in [0.25, 0.3) is 0 Å². The maximum atomic E-state index is 14.9. The van der Waals surface area contributed by atoms with Crippen LogP contribution in [0.5, 0.6) is 5.75 Å². The molecule has 34 heavy (non-hydrogen) atoms. The van der Waals surface area contributed by atoms with Crippen molar-refractivity contribution in [3.05, 3.63) is 47.3 Å². The highest BCUT2D eigenvalue weighted by Gasteiger charge is 2.39. The molecule has 3 aromatic rings. The number of piperidine rings is 1. The third-order valence-electron chi connectivity index (χ3n) is 6.28. The van der Waals surface area contributed by atoms with Crippen molar-refractivity contribution in [1.29, 1.82) is 0 Å². The Labute approximate surface area is 199 Å². The van der Waals surface area contributed by atoms with Crippen molar-refractivity contribution < 1.29 is 9.50 Å². The lowest BCUT2D eigenvalue weighted by molar-refractivity contribution is 0.123. The summed E-state index contributed by atoms with van der Waals surface area (Å²) in [7, 11) is 0. The summed E-state index contributed by atoms with van der Waals surface area (Å²) in [5, 5.41) is 29.8. The fourth-order valence-corrected chi connectivity index (χ4v) is 5.24. The highest BCUT2D eigenvalue weighted by molar-refractivity contribution is 5.85. The molecule has 4 rings (SSSR count). The van der Waals surface area contributed by atoms with Gasteiger partial charge in [0.2, 0.25) is 0 Å². The Bertz CT molecular complexity index is 1210. The minimum absolute atomic E-state index is 0.0345. The molecule has 0 atom stereocenters. The second-order valence-electron chi connectivity index (χ2n) is 10.2. The fraction of sp³-hybridized carbons (Fsp3) is 0.440. The Balaban J connectivity index is 1.72. The minimum atomic E-state index is -0.498. The summed E-state index contributed by atoms with van der Waals surface area (Å²) >= 11 is 0. The number of rotatable bonds is 6. The molecule has 0 saturated carbocycles. The average Bonchev–Trinajstić information content (AvgIpc) is 3.41. The van der Waals surface area contributed by atoms with Gasteiger partial charge in [0.05, 0.1) is 23.6 Å². The predicted octanol–water partition coefficient (Wildman–Crippen LogP) is 4.76. The number of phenols is 1. The van der Waals surface area contributed by atoms with E-state index in [9.17, 15) is 9.50 Å². The molecule has 0 unspecified atom stereocenters. The van der Waals surface area contributed by atoms with Crippen LogP contribution in [0.15, 0.2) is 29.5 Å². The lowest BCUT2D eigenvalue weighted by Crippen LogP contribution is -2.58. The largest absolute Gasteiger partial charge is 0.507 e. The highest BCUT2D eigenvalue weighted by Crippen LogP contribution is 2.38. The molecule has 0 spiro atoms. The zero-order valence-electron chi connectivity index (χ0n) is 20.4. The van der Waals surface area contributed by atoms with Gasteiger partial charge in [-0.05, 0) is 71.9 Å². The van der Waals surface area contributed by atoms with Gasteiger partial charge in [-0.15, -0.1) is 5.10 Å². The first-order valence-electron chi connectivity index (χ1n) is 11.5. The van der Waals surface area contributed by atoms with Gasteiger partial charge in [-0.1, -0.05) is 12.1 Å². The number of halogens is 1. The topological polar surface area (TPSA) is 104 Å². The molecular weight excluding hydrogens is 433 g/mol. The molecule has 180 valence electrons. The Morgan fingerprint density at radius 2 is 2.00 bits per heavy atom. The van der Waals surface area contributed by atoms with Crippen LogP contribution in [0.3, 0.4) is 0 Å². The van der Waals surface area contributed by atoms with Crippen molar-refractivity contribution in [1.82, 2.24) is 30.5 Å². The van der Waals surface area contributed by atoms with Gasteiger partial charge in [-0.3, -0.25) is 10.1 Å². The summed E-state index contributed by atoms with van der Waals surface area (Å²) in [6.45, 7) is 14.5. The van der Waals surface area contributed by atoms with E-state index in [0.29, 0.717) is 23.4 Å². The number of hydrogen-bond donors (Lipinski definition) is 3. The van der Waals surface area contributed by atoms with Crippen LogP contribution in [0, 0.1) is 5.82 Å². The summed E-state index contributed by atoms with van der Waals surface area (Å²) in [5.41, 5.74) is 2.88. The normalized spacial score (nSPS) is 18.2. The molecule has 0 radical (unpaired) electrons. The molecule has 1 fully saturated rings. The van der Waals surface area contributed by atoms with Gasteiger partial charge in [0, 0.05) is 34.0 Å². The lowest BCUT2D eigenvalue weighted by Gasteiger charge is -2.46. The van der Waals surface area contributed by atoms with Gasteiger partial charge < -0.3 is 10.4 Å². The molecule has 3 heterocycles. The van der Waals surface area contributed by atoms with Crippen LogP contribution in [0.4, 0.5) is 4.39 Å². The third-order valence-corrected chi connectivity index (χ3v) is 6.28. The van der Waals surface area contributed by atoms with Crippen molar-refractivity contribution in [2.45, 2.75) is 71.0 Å². The van der Waals surface area contributed by atoms with Crippen LogP contribution < -0.4 is 5.32 Å². The van der Waals surface area contributed by atoms with E-state index in [1.807, 2.05) is 4.68 Å². The average molecular weight is 466 g/mol. The molecule has 0 aliphatic carbocycles. The monoisotopic (exact) mass is 465 g/mol. The lowest BCUT2D eigenvalue weighted by atomic mass is 9.79. The molecular formula is C25H32FN7O. The zero-order valence-corrected chi connectivity index (χ0v) is 20.4. The van der Waals surface area contributed by atoms with Gasteiger partial charge >= 0.3 is 0 Å². The van der Waals surface area contributed by atoms with E-state index >= 15 is 0 Å². The first kappa shape index (κ1) is 23.8. The number of aliphatic imine (C=N–C) groups is 1. The molecule has 1 aliphatic heterocycles. The van der Waals surface area contributed by atoms with Gasteiger partial charge in [-0.25, -0.2) is 9.07 Å². The number of benzene rings is 1. The maximum absolute atomic E-state index is 14.9. The van der Waals surface area contributed by atoms with E-state index in [2.05, 4.69) is 72.2 Å². The molecule has 2 aromatic heterocycles. The van der Waals surface area contributed by atoms with Crippen LogP contribution in [-0.2, 0) is 6.42 Å². The number of nitrogens with zero attached hydrogens (tertiary/aromatic N) is 5. The number of aromatic amines is 1. The summed E-state index contributed by atoms with van der Waals surface area (Å²) in [6, 6.07) is 2.81. The van der Waals surface area contributed by atoms with Crippen LogP contribution in [0.1, 0.15) is 70.5 Å². The van der Waals surface area contributed by atoms with E-state index in [-0.39, 0.29) is 34.0 Å². The van der Waals surface area contributed by atoms with E-state index in [1.165, 1.54) is 18.3 Å². The Morgan fingerprint density at radius 1 is 1.29 bits per heavy atom. The molecule has 1 aliphatic rings. The number of H-pyrrole nitrogens is 1. The summed E-state index contributed by atoms with van der Waals surface area (Å²) in [6.07, 6.45) is 7.32. The number of hydrogen-bond acceptors (Lipinski definition) is 6. The summed E-state index contributed by atoms with van der Waals surface area (Å²) < 4.78 is 16.9. The minimum Gasteiger partial charge on any atom is -0.507 e. The van der Waals surface area contributed by atoms with Crippen molar-refractivity contribution in [2.75, 3.05) is 0 Å². The van der Waals surface area contributed by atoms with Crippen molar-refractivity contribution in [2.24, 2.45) is 4.99 Å². The number of phenolic OH excluding ortho intramolecular Hbond substituents is 1. The standard InChI is InChI=1S/C25H32FN7O/c1-7-22-21(30-32-33(22)16-11-24(2,3)31-25(4,5)12-16)10-20(27-6)18-8-19(26)17(9-23(18)34)15-13-28-29-14-15/h8-10,13-14,16,31,34H,6-7,11-12H2,1-5H3,(H,28,29)/b20-10-. The first-order valence-corrected chi connectivity index (χ1v) is 11.5. The second-order valence-corrected chi connectivity index (χ2v) is 10.2. The van der Waals surface area contributed by atoms with E-state index < -0.39 is 5.82 Å². The smallest absolute Gasteiger partial charge is 0.132 e. The van der Waals surface area contributed by atoms with Crippen LogP contribution in [0.25, 0.3) is 22.9 Å². The highest BCUT2D eigenvalue weighted by atomic mass is 19.1. The molecule has 0 bridgehead atoms. The molecule has 3 N–H and O–H groups in total. The van der Waals surface area contributed by atoms with Crippen molar-refractivity contribution in [3.8, 4) is 16.9 Å². The van der Waals surface area contributed by atoms with Crippen molar-refractivity contribution >= 4 is 18.5 Å². The maximum Gasteiger partial charge on any atom is 0.132 e. The van der Waals surface area contributed by atoms with Crippen LogP contribution in [-0.4, -0.2) is 48.1 Å². The molecule has 0 amide bonds.